The van der Waals surface area contributed by atoms with E-state index in [9.17, 15) is 9.18 Å². The lowest BCUT2D eigenvalue weighted by Gasteiger charge is -2.15. The summed E-state index contributed by atoms with van der Waals surface area (Å²) < 4.78 is 13.9. The van der Waals surface area contributed by atoms with Gasteiger partial charge in [0.25, 0.3) is 5.91 Å². The van der Waals surface area contributed by atoms with Gasteiger partial charge < -0.3 is 5.32 Å². The van der Waals surface area contributed by atoms with E-state index in [1.807, 2.05) is 39.1 Å². The van der Waals surface area contributed by atoms with Crippen LogP contribution in [0.15, 0.2) is 59.3 Å². The molecule has 1 N–H and O–H groups in total. The molecule has 0 saturated carbocycles. The number of rotatable bonds is 6. The second-order valence-corrected chi connectivity index (χ2v) is 9.63. The van der Waals surface area contributed by atoms with E-state index < -0.39 is 0 Å². The fraction of sp³-hybridized carbons (Fsp3) is 0.357. The summed E-state index contributed by atoms with van der Waals surface area (Å²) in [5, 5.41) is 2.80. The monoisotopic (exact) mass is 458 g/mol. The molecule has 2 aromatic heterocycles. The van der Waals surface area contributed by atoms with E-state index in [4.69, 9.17) is 4.99 Å². The van der Waals surface area contributed by atoms with Crippen molar-refractivity contribution in [2.24, 2.45) is 16.8 Å². The zero-order valence-electron chi connectivity index (χ0n) is 20.4. The van der Waals surface area contributed by atoms with Gasteiger partial charge in [-0.15, -0.1) is 0 Å². The molecule has 2 aliphatic rings. The molecule has 2 aliphatic carbocycles. The first kappa shape index (κ1) is 23.7. The Hall–Kier alpha value is -3.41. The number of aromatic nitrogens is 2. The van der Waals surface area contributed by atoms with Crippen LogP contribution < -0.4 is 5.32 Å². The summed E-state index contributed by atoms with van der Waals surface area (Å²) in [5.74, 6) is 0.622. The summed E-state index contributed by atoms with van der Waals surface area (Å²) in [6, 6.07) is 3.94. The number of amides is 1. The number of hydrogen-bond donors (Lipinski definition) is 1. The Bertz CT molecular complexity index is 1250. The number of nitrogens with one attached hydrogen (secondary N) is 1. The zero-order chi connectivity index (χ0) is 24.4. The number of hydrogen-bond acceptors (Lipinski definition) is 4. The molecule has 0 saturated heterocycles. The first-order valence-corrected chi connectivity index (χ1v) is 11.8. The Balaban J connectivity index is 1.55. The topological polar surface area (TPSA) is 67.2 Å². The Morgan fingerprint density at radius 2 is 2.03 bits per heavy atom. The highest BCUT2D eigenvalue weighted by Crippen LogP contribution is 2.33. The van der Waals surface area contributed by atoms with Crippen molar-refractivity contribution in [2.45, 2.75) is 53.9 Å². The van der Waals surface area contributed by atoms with Gasteiger partial charge in [-0.05, 0) is 62.0 Å². The lowest BCUT2D eigenvalue weighted by molar-refractivity contribution is 0.0966. The quantitative estimate of drug-likeness (QED) is 0.508. The Morgan fingerprint density at radius 3 is 2.74 bits per heavy atom. The maximum absolute atomic E-state index is 13.9. The van der Waals surface area contributed by atoms with Crippen LogP contribution in [0.1, 0.15) is 73.3 Å². The minimum atomic E-state index is -0.300. The van der Waals surface area contributed by atoms with E-state index in [0.29, 0.717) is 30.0 Å². The van der Waals surface area contributed by atoms with E-state index in [0.717, 1.165) is 45.9 Å². The molecule has 34 heavy (non-hydrogen) atoms. The standard InChI is InChI=1S/C28H31FN4O/c1-16(2)10-19(5)32-27-18(4)11-20(14-31-27)23-8-9-26-24(23)12-21(15-30-26)28(34)33-22-7-6-17(3)25(29)13-22/h7-8,11-17H,6,9-10H2,1-5H3,(H,33,34). The largest absolute Gasteiger partial charge is 0.322 e. The fourth-order valence-electron chi connectivity index (χ4n) is 4.30. The average Bonchev–Trinajstić information content (AvgIpc) is 3.20. The normalized spacial score (nSPS) is 17.8. The van der Waals surface area contributed by atoms with Gasteiger partial charge in [0.15, 0.2) is 5.82 Å². The van der Waals surface area contributed by atoms with Gasteiger partial charge in [-0.1, -0.05) is 32.9 Å². The summed E-state index contributed by atoms with van der Waals surface area (Å²) in [7, 11) is 0. The fourth-order valence-corrected chi connectivity index (χ4v) is 4.30. The Labute approximate surface area is 200 Å². The maximum atomic E-state index is 13.9. The molecule has 0 spiro atoms. The van der Waals surface area contributed by atoms with Crippen LogP contribution in [0.25, 0.3) is 5.57 Å². The molecule has 1 atom stereocenters. The molecule has 1 unspecified atom stereocenters. The average molecular weight is 459 g/mol. The molecular formula is C28H31FN4O. The van der Waals surface area contributed by atoms with Crippen LogP contribution in [-0.4, -0.2) is 21.6 Å². The summed E-state index contributed by atoms with van der Waals surface area (Å²) >= 11 is 0. The highest BCUT2D eigenvalue weighted by atomic mass is 19.1. The second-order valence-electron chi connectivity index (χ2n) is 9.63. The number of halogens is 1. The molecule has 0 aliphatic heterocycles. The molecule has 4 rings (SSSR count). The van der Waals surface area contributed by atoms with Gasteiger partial charge in [0, 0.05) is 47.3 Å². The second kappa shape index (κ2) is 9.84. The minimum absolute atomic E-state index is 0.150. The third-order valence-electron chi connectivity index (χ3n) is 6.10. The number of carbonyl (C=O) groups is 1. The number of fused-ring (bicyclic) bond motifs is 1. The van der Waals surface area contributed by atoms with E-state index in [1.54, 1.807) is 6.20 Å². The van der Waals surface area contributed by atoms with Crippen LogP contribution >= 0.6 is 0 Å². The molecular weight excluding hydrogens is 427 g/mol. The highest BCUT2D eigenvalue weighted by Gasteiger charge is 2.21. The van der Waals surface area contributed by atoms with Crippen LogP contribution in [0, 0.1) is 18.8 Å². The van der Waals surface area contributed by atoms with Crippen molar-refractivity contribution in [3.05, 3.63) is 82.2 Å². The van der Waals surface area contributed by atoms with Crippen molar-refractivity contribution in [2.75, 3.05) is 0 Å². The van der Waals surface area contributed by atoms with Gasteiger partial charge in [-0.25, -0.2) is 14.4 Å². The number of aryl methyl sites for hydroxylation is 1. The molecule has 0 fully saturated rings. The molecule has 2 aromatic rings. The lowest BCUT2D eigenvalue weighted by atomic mass is 9.99. The smallest absolute Gasteiger partial charge is 0.257 e. The molecule has 0 radical (unpaired) electrons. The SMILES string of the molecule is CC(CC(C)C)=Nc1ncc(C2=CCc3ncc(C(=O)NC4=CCC(C)C(F)=C4)cc32)cc1C. The van der Waals surface area contributed by atoms with Crippen molar-refractivity contribution < 1.29 is 9.18 Å². The van der Waals surface area contributed by atoms with Crippen LogP contribution in [-0.2, 0) is 6.42 Å². The van der Waals surface area contributed by atoms with Crippen molar-refractivity contribution in [3.8, 4) is 0 Å². The van der Waals surface area contributed by atoms with E-state index >= 15 is 0 Å². The number of carbonyl (C=O) groups excluding carboxylic acids is 1. The molecule has 2 heterocycles. The van der Waals surface area contributed by atoms with Crippen LogP contribution in [0.2, 0.25) is 0 Å². The summed E-state index contributed by atoms with van der Waals surface area (Å²) in [5.41, 5.74) is 6.84. The first-order chi connectivity index (χ1) is 16.2. The van der Waals surface area contributed by atoms with Crippen LogP contribution in [0.5, 0.6) is 0 Å². The van der Waals surface area contributed by atoms with Crippen molar-refractivity contribution in [1.29, 1.82) is 0 Å². The highest BCUT2D eigenvalue weighted by molar-refractivity contribution is 5.97. The molecule has 0 bridgehead atoms. The van der Waals surface area contributed by atoms with E-state index in [2.05, 4.69) is 41.3 Å². The molecule has 0 aromatic carbocycles. The van der Waals surface area contributed by atoms with Gasteiger partial charge in [-0.2, -0.15) is 0 Å². The third kappa shape index (κ3) is 5.22. The molecule has 5 nitrogen and oxygen atoms in total. The predicted molar refractivity (Wildman–Crippen MR) is 135 cm³/mol. The predicted octanol–water partition coefficient (Wildman–Crippen LogP) is 6.42. The minimum Gasteiger partial charge on any atom is -0.322 e. The first-order valence-electron chi connectivity index (χ1n) is 11.8. The van der Waals surface area contributed by atoms with Crippen molar-refractivity contribution in [1.82, 2.24) is 15.3 Å². The number of nitrogens with zero attached hydrogens (tertiary/aromatic N) is 3. The molecule has 6 heteroatoms. The molecule has 176 valence electrons. The third-order valence-corrected chi connectivity index (χ3v) is 6.10. The van der Waals surface area contributed by atoms with E-state index in [1.165, 1.54) is 6.08 Å². The van der Waals surface area contributed by atoms with Crippen LogP contribution in [0.4, 0.5) is 10.2 Å². The van der Waals surface area contributed by atoms with Crippen molar-refractivity contribution >= 4 is 23.0 Å². The Morgan fingerprint density at radius 1 is 1.24 bits per heavy atom. The summed E-state index contributed by atoms with van der Waals surface area (Å²) in [6.45, 7) is 10.2. The van der Waals surface area contributed by atoms with Crippen LogP contribution in [0.3, 0.4) is 0 Å². The summed E-state index contributed by atoms with van der Waals surface area (Å²) in [4.78, 5) is 26.7. The van der Waals surface area contributed by atoms with E-state index in [-0.39, 0.29) is 17.7 Å². The number of pyridine rings is 2. The van der Waals surface area contributed by atoms with Gasteiger partial charge in [0.1, 0.15) is 5.83 Å². The lowest BCUT2D eigenvalue weighted by Crippen LogP contribution is -2.24. The Kier molecular flexibility index (Phi) is 6.87. The zero-order valence-corrected chi connectivity index (χ0v) is 20.4. The van der Waals surface area contributed by atoms with Gasteiger partial charge in [0.05, 0.1) is 11.3 Å². The van der Waals surface area contributed by atoms with Gasteiger partial charge in [0.2, 0.25) is 0 Å². The van der Waals surface area contributed by atoms with Gasteiger partial charge in [-0.3, -0.25) is 9.78 Å². The van der Waals surface area contributed by atoms with Gasteiger partial charge >= 0.3 is 0 Å². The summed E-state index contributed by atoms with van der Waals surface area (Å²) in [6.07, 6.45) is 11.0. The number of aliphatic imine (C=N–C) groups is 1. The molecule has 1 amide bonds. The maximum Gasteiger partial charge on any atom is 0.257 e. The number of allylic oxidation sites excluding steroid dienone is 4. The van der Waals surface area contributed by atoms with Crippen molar-refractivity contribution in [3.63, 3.8) is 0 Å².